The smallest absolute Gasteiger partial charge is 0.00966 e. The van der Waals surface area contributed by atoms with Gasteiger partial charge in [-0.1, -0.05) is 46.6 Å². The average Bonchev–Trinajstić information content (AvgIpc) is 2.45. The highest BCUT2D eigenvalue weighted by Gasteiger charge is 2.34. The molecule has 18 heavy (non-hydrogen) atoms. The first-order chi connectivity index (χ1) is 8.92. The Labute approximate surface area is 110 Å². The molecule has 0 fully saturated rings. The van der Waals surface area contributed by atoms with Crippen LogP contribution >= 0.6 is 0 Å². The van der Waals surface area contributed by atoms with Crippen molar-refractivity contribution in [2.75, 3.05) is 0 Å². The molecule has 0 bridgehead atoms. The average molecular weight is 238 g/mol. The van der Waals surface area contributed by atoms with Crippen molar-refractivity contribution in [3.63, 3.8) is 0 Å². The molecule has 0 heterocycles. The fraction of sp³-hybridized carbons (Fsp3) is 0.556. The molecule has 0 saturated carbocycles. The van der Waals surface area contributed by atoms with Gasteiger partial charge in [0.25, 0.3) is 0 Å². The summed E-state index contributed by atoms with van der Waals surface area (Å²) < 4.78 is 0. The van der Waals surface area contributed by atoms with E-state index in [0.29, 0.717) is 0 Å². The quantitative estimate of drug-likeness (QED) is 0.515. The van der Waals surface area contributed by atoms with Gasteiger partial charge in [-0.2, -0.15) is 0 Å². The van der Waals surface area contributed by atoms with E-state index in [2.05, 4.69) is 24.3 Å². The van der Waals surface area contributed by atoms with Crippen LogP contribution in [0.2, 0.25) is 0 Å². The van der Waals surface area contributed by atoms with Crippen molar-refractivity contribution in [2.24, 2.45) is 11.8 Å². The molecule has 0 spiro atoms. The number of hydrogen-bond donors (Lipinski definition) is 0. The third kappa shape index (κ3) is 1.66. The highest BCUT2D eigenvalue weighted by Crippen LogP contribution is 2.49. The third-order valence-electron chi connectivity index (χ3n) is 5.51. The van der Waals surface area contributed by atoms with E-state index in [1.54, 1.807) is 11.1 Å². The third-order valence-corrected chi connectivity index (χ3v) is 5.51. The summed E-state index contributed by atoms with van der Waals surface area (Å²) in [5.41, 5.74) is 7.23. The van der Waals surface area contributed by atoms with E-state index in [9.17, 15) is 0 Å². The van der Waals surface area contributed by atoms with Gasteiger partial charge in [-0.3, -0.25) is 0 Å². The minimum atomic E-state index is 0.902. The molecule has 4 rings (SSSR count). The lowest BCUT2D eigenvalue weighted by Gasteiger charge is -2.40. The molecule has 0 amide bonds. The molecule has 0 aromatic rings. The van der Waals surface area contributed by atoms with E-state index in [-0.39, 0.29) is 0 Å². The van der Waals surface area contributed by atoms with Crippen molar-refractivity contribution in [2.45, 2.75) is 51.4 Å². The SMILES string of the molecule is C1=CCC2=C(C1)CC1=C(C2)C2CC=CCC2CC1. The van der Waals surface area contributed by atoms with Crippen LogP contribution < -0.4 is 0 Å². The summed E-state index contributed by atoms with van der Waals surface area (Å²) in [5, 5.41) is 0. The maximum Gasteiger partial charge on any atom is -0.00966 e. The first kappa shape index (κ1) is 10.8. The van der Waals surface area contributed by atoms with Crippen LogP contribution in [0.15, 0.2) is 46.6 Å². The van der Waals surface area contributed by atoms with Crippen molar-refractivity contribution >= 4 is 0 Å². The summed E-state index contributed by atoms with van der Waals surface area (Å²) in [5.74, 6) is 1.87. The fourth-order valence-electron chi connectivity index (χ4n) is 4.48. The highest BCUT2D eigenvalue weighted by atomic mass is 14.4. The Balaban J connectivity index is 1.64. The molecule has 0 heteroatoms. The molecule has 94 valence electrons. The molecule has 0 N–H and O–H groups in total. The van der Waals surface area contributed by atoms with Gasteiger partial charge in [-0.05, 0) is 63.2 Å². The highest BCUT2D eigenvalue weighted by molar-refractivity contribution is 5.41. The van der Waals surface area contributed by atoms with Gasteiger partial charge in [0.15, 0.2) is 0 Å². The van der Waals surface area contributed by atoms with Gasteiger partial charge in [-0.25, -0.2) is 0 Å². The number of rotatable bonds is 0. The Morgan fingerprint density at radius 1 is 0.778 bits per heavy atom. The van der Waals surface area contributed by atoms with Crippen molar-refractivity contribution in [1.82, 2.24) is 0 Å². The van der Waals surface area contributed by atoms with Gasteiger partial charge in [0, 0.05) is 0 Å². The maximum absolute atomic E-state index is 2.43. The van der Waals surface area contributed by atoms with Gasteiger partial charge >= 0.3 is 0 Å². The molecule has 0 radical (unpaired) electrons. The van der Waals surface area contributed by atoms with Crippen LogP contribution in [-0.2, 0) is 0 Å². The zero-order valence-electron chi connectivity index (χ0n) is 11.1. The molecule has 2 atom stereocenters. The predicted molar refractivity (Wildman–Crippen MR) is 76.2 cm³/mol. The van der Waals surface area contributed by atoms with E-state index in [4.69, 9.17) is 0 Å². The van der Waals surface area contributed by atoms with Crippen LogP contribution in [0.3, 0.4) is 0 Å². The summed E-state index contributed by atoms with van der Waals surface area (Å²) in [4.78, 5) is 0. The Morgan fingerprint density at radius 3 is 2.44 bits per heavy atom. The Bertz CT molecular complexity index is 484. The van der Waals surface area contributed by atoms with Gasteiger partial charge in [0.05, 0.1) is 0 Å². The van der Waals surface area contributed by atoms with E-state index >= 15 is 0 Å². The molecule has 2 unspecified atom stereocenters. The zero-order valence-corrected chi connectivity index (χ0v) is 11.1. The molecule has 0 nitrogen and oxygen atoms in total. The normalized spacial score (nSPS) is 34.2. The minimum Gasteiger partial charge on any atom is -0.0882 e. The lowest BCUT2D eigenvalue weighted by Crippen LogP contribution is -2.26. The molecule has 4 aliphatic rings. The van der Waals surface area contributed by atoms with Crippen LogP contribution in [-0.4, -0.2) is 0 Å². The van der Waals surface area contributed by atoms with E-state index in [1.807, 2.05) is 11.1 Å². The number of hydrogen-bond acceptors (Lipinski definition) is 0. The molecule has 4 aliphatic carbocycles. The second-order valence-electron chi connectivity index (χ2n) is 6.42. The Kier molecular flexibility index (Phi) is 2.57. The molecule has 0 saturated heterocycles. The number of allylic oxidation sites excluding steroid dienone is 8. The summed E-state index contributed by atoms with van der Waals surface area (Å²) in [6, 6.07) is 0. The van der Waals surface area contributed by atoms with Gasteiger partial charge in [0.2, 0.25) is 0 Å². The largest absolute Gasteiger partial charge is 0.0882 e. The molecule has 0 aliphatic heterocycles. The summed E-state index contributed by atoms with van der Waals surface area (Å²) in [6.07, 6.45) is 20.2. The van der Waals surface area contributed by atoms with E-state index < -0.39 is 0 Å². The van der Waals surface area contributed by atoms with Crippen molar-refractivity contribution in [1.29, 1.82) is 0 Å². The van der Waals surface area contributed by atoms with Crippen LogP contribution in [0.25, 0.3) is 0 Å². The van der Waals surface area contributed by atoms with Crippen LogP contribution in [0.5, 0.6) is 0 Å². The lowest BCUT2D eigenvalue weighted by atomic mass is 9.65. The first-order valence-electron chi connectivity index (χ1n) is 7.62. The second kappa shape index (κ2) is 4.26. The van der Waals surface area contributed by atoms with Crippen molar-refractivity contribution < 1.29 is 0 Å². The van der Waals surface area contributed by atoms with Crippen molar-refractivity contribution in [3.8, 4) is 0 Å². The second-order valence-corrected chi connectivity index (χ2v) is 6.42. The number of fused-ring (bicyclic) bond motifs is 2. The lowest BCUT2D eigenvalue weighted by molar-refractivity contribution is 0.313. The monoisotopic (exact) mass is 238 g/mol. The summed E-state index contributed by atoms with van der Waals surface area (Å²) in [6.45, 7) is 0. The fourth-order valence-corrected chi connectivity index (χ4v) is 4.48. The summed E-state index contributed by atoms with van der Waals surface area (Å²) in [7, 11) is 0. The van der Waals surface area contributed by atoms with Crippen LogP contribution in [0.4, 0.5) is 0 Å². The molecule has 0 aromatic carbocycles. The first-order valence-corrected chi connectivity index (χ1v) is 7.62. The minimum absolute atomic E-state index is 0.902. The zero-order chi connectivity index (χ0) is 11.9. The molecule has 0 aromatic heterocycles. The van der Waals surface area contributed by atoms with Crippen LogP contribution in [0, 0.1) is 11.8 Å². The van der Waals surface area contributed by atoms with Gasteiger partial charge in [0.1, 0.15) is 0 Å². The predicted octanol–water partition coefficient (Wildman–Crippen LogP) is 5.10. The summed E-state index contributed by atoms with van der Waals surface area (Å²) >= 11 is 0. The standard InChI is InChI=1S/C18H22/c1-2-7-15-12-18-16(11-14(15)6-1)10-9-13-5-3-4-8-17(13)18/h1-4,13,17H,5-12H2. The van der Waals surface area contributed by atoms with Crippen molar-refractivity contribution in [3.05, 3.63) is 46.6 Å². The molecular weight excluding hydrogens is 216 g/mol. The van der Waals surface area contributed by atoms with E-state index in [0.717, 1.165) is 11.8 Å². The van der Waals surface area contributed by atoms with Gasteiger partial charge < -0.3 is 0 Å². The van der Waals surface area contributed by atoms with Gasteiger partial charge in [-0.15, -0.1) is 0 Å². The Morgan fingerprint density at radius 2 is 1.56 bits per heavy atom. The maximum atomic E-state index is 2.43. The van der Waals surface area contributed by atoms with E-state index in [1.165, 1.54) is 51.4 Å². The molecular formula is C18H22. The topological polar surface area (TPSA) is 0 Å². The van der Waals surface area contributed by atoms with Crippen LogP contribution in [0.1, 0.15) is 51.4 Å². The Hall–Kier alpha value is -1.04.